The van der Waals surface area contributed by atoms with Gasteiger partial charge in [0.25, 0.3) is 0 Å². The molecule has 3 unspecified atom stereocenters. The summed E-state index contributed by atoms with van der Waals surface area (Å²) in [7, 11) is 0. The van der Waals surface area contributed by atoms with Crippen LogP contribution in [0, 0.1) is 17.8 Å². The van der Waals surface area contributed by atoms with Crippen LogP contribution >= 0.6 is 0 Å². The van der Waals surface area contributed by atoms with Crippen molar-refractivity contribution in [2.45, 2.75) is 44.6 Å². The molecule has 0 bridgehead atoms. The molecule has 0 radical (unpaired) electrons. The number of fused-ring (bicyclic) bond motifs is 1. The molecule has 1 aliphatic heterocycles. The van der Waals surface area contributed by atoms with Gasteiger partial charge in [-0.1, -0.05) is 6.42 Å². The van der Waals surface area contributed by atoms with Crippen molar-refractivity contribution in [3.8, 4) is 0 Å². The number of carbonyl (C=O) groups is 3. The Balaban J connectivity index is 1.98. The molecule has 18 heavy (non-hydrogen) atoms. The van der Waals surface area contributed by atoms with Gasteiger partial charge >= 0.3 is 5.97 Å². The van der Waals surface area contributed by atoms with Gasteiger partial charge in [0, 0.05) is 0 Å². The van der Waals surface area contributed by atoms with E-state index in [1.54, 1.807) is 0 Å². The van der Waals surface area contributed by atoms with Crippen molar-refractivity contribution in [3.63, 3.8) is 0 Å². The first-order chi connectivity index (χ1) is 8.48. The number of hydrogen-bond donors (Lipinski definition) is 1. The number of aliphatic carboxylic acids is 1. The second kappa shape index (κ2) is 3.56. The normalized spacial score (nSPS) is 34.6. The van der Waals surface area contributed by atoms with Gasteiger partial charge in [0.15, 0.2) is 0 Å². The van der Waals surface area contributed by atoms with Crippen LogP contribution in [0.1, 0.15) is 39.0 Å². The third-order valence-electron chi connectivity index (χ3n) is 4.86. The minimum absolute atomic E-state index is 0.0678. The molecule has 1 N–H and O–H groups in total. The largest absolute Gasteiger partial charge is 0.479 e. The predicted molar refractivity (Wildman–Crippen MR) is 61.4 cm³/mol. The molecule has 0 aromatic heterocycles. The van der Waals surface area contributed by atoms with Gasteiger partial charge in [-0.15, -0.1) is 0 Å². The number of hydrogen-bond acceptors (Lipinski definition) is 3. The van der Waals surface area contributed by atoms with Crippen LogP contribution in [0.5, 0.6) is 0 Å². The highest BCUT2D eigenvalue weighted by Gasteiger charge is 2.62. The van der Waals surface area contributed by atoms with E-state index in [0.29, 0.717) is 0 Å². The summed E-state index contributed by atoms with van der Waals surface area (Å²) in [6, 6.07) is 0. The van der Waals surface area contributed by atoms with Gasteiger partial charge in [-0.05, 0) is 38.5 Å². The zero-order valence-corrected chi connectivity index (χ0v) is 10.4. The van der Waals surface area contributed by atoms with Crippen molar-refractivity contribution in [2.75, 3.05) is 0 Å². The molecule has 0 spiro atoms. The summed E-state index contributed by atoms with van der Waals surface area (Å²) in [5.41, 5.74) is -1.32. The molecule has 1 heterocycles. The van der Waals surface area contributed by atoms with Crippen LogP contribution < -0.4 is 0 Å². The Hall–Kier alpha value is -1.39. The molecule has 3 aliphatic rings. The smallest absolute Gasteiger partial charge is 0.330 e. The highest BCUT2D eigenvalue weighted by Crippen LogP contribution is 2.49. The quantitative estimate of drug-likeness (QED) is 0.760. The zero-order chi connectivity index (χ0) is 13.1. The Morgan fingerprint density at radius 2 is 1.67 bits per heavy atom. The van der Waals surface area contributed by atoms with Gasteiger partial charge < -0.3 is 5.11 Å². The van der Waals surface area contributed by atoms with Crippen LogP contribution in [-0.2, 0) is 14.4 Å². The first kappa shape index (κ1) is 11.7. The summed E-state index contributed by atoms with van der Waals surface area (Å²) in [5.74, 6) is -2.13. The first-order valence-corrected chi connectivity index (χ1v) is 6.59. The molecule has 98 valence electrons. The second-order valence-corrected chi connectivity index (χ2v) is 5.88. The van der Waals surface area contributed by atoms with Crippen LogP contribution in [0.4, 0.5) is 0 Å². The van der Waals surface area contributed by atoms with Crippen molar-refractivity contribution >= 4 is 17.8 Å². The van der Waals surface area contributed by atoms with Crippen LogP contribution in [0.25, 0.3) is 0 Å². The molecule has 0 aromatic carbocycles. The highest BCUT2D eigenvalue weighted by molar-refractivity contribution is 6.09. The molecule has 3 atom stereocenters. The van der Waals surface area contributed by atoms with E-state index in [9.17, 15) is 19.5 Å². The number of amides is 2. The lowest BCUT2D eigenvalue weighted by Crippen LogP contribution is -2.57. The third-order valence-corrected chi connectivity index (χ3v) is 4.86. The zero-order valence-electron chi connectivity index (χ0n) is 10.4. The summed E-state index contributed by atoms with van der Waals surface area (Å²) in [4.78, 5) is 37.3. The van der Waals surface area contributed by atoms with E-state index in [2.05, 4.69) is 0 Å². The SMILES string of the molecule is CC(C(=O)O)(C1CC1)N1C(=O)C2CCCC2C1=O. The van der Waals surface area contributed by atoms with E-state index < -0.39 is 11.5 Å². The fourth-order valence-electron chi connectivity index (χ4n) is 3.55. The van der Waals surface area contributed by atoms with Gasteiger partial charge in [-0.25, -0.2) is 4.79 Å². The Bertz CT molecular complexity index is 420. The number of likely N-dealkylation sites (tertiary alicyclic amines) is 1. The predicted octanol–water partition coefficient (Wildman–Crippen LogP) is 1.02. The Kier molecular flexibility index (Phi) is 2.31. The minimum Gasteiger partial charge on any atom is -0.479 e. The van der Waals surface area contributed by atoms with Gasteiger partial charge in [0.05, 0.1) is 11.8 Å². The molecule has 2 amide bonds. The molecule has 1 saturated heterocycles. The molecular weight excluding hydrogens is 234 g/mol. The van der Waals surface area contributed by atoms with Gasteiger partial charge in [-0.3, -0.25) is 14.5 Å². The second-order valence-electron chi connectivity index (χ2n) is 5.88. The highest BCUT2D eigenvalue weighted by atomic mass is 16.4. The number of nitrogens with zero attached hydrogens (tertiary/aromatic N) is 1. The summed E-state index contributed by atoms with van der Waals surface area (Å²) < 4.78 is 0. The molecule has 2 aliphatic carbocycles. The fourth-order valence-corrected chi connectivity index (χ4v) is 3.55. The van der Waals surface area contributed by atoms with Crippen LogP contribution in [0.2, 0.25) is 0 Å². The number of rotatable bonds is 3. The molecule has 3 rings (SSSR count). The average Bonchev–Trinajstić information content (AvgIpc) is 3.00. The van der Waals surface area contributed by atoms with E-state index in [1.807, 2.05) is 0 Å². The van der Waals surface area contributed by atoms with Crippen LogP contribution in [0.3, 0.4) is 0 Å². The maximum Gasteiger partial charge on any atom is 0.330 e. The van der Waals surface area contributed by atoms with Crippen LogP contribution in [0.15, 0.2) is 0 Å². The minimum atomic E-state index is -1.32. The van der Waals surface area contributed by atoms with Gasteiger partial charge in [-0.2, -0.15) is 0 Å². The van der Waals surface area contributed by atoms with Crippen molar-refractivity contribution < 1.29 is 19.5 Å². The summed E-state index contributed by atoms with van der Waals surface area (Å²) in [6.45, 7) is 1.53. The number of carboxylic acids is 1. The topological polar surface area (TPSA) is 74.7 Å². The maximum atomic E-state index is 12.3. The third kappa shape index (κ3) is 1.30. The van der Waals surface area contributed by atoms with E-state index in [1.165, 1.54) is 6.92 Å². The lowest BCUT2D eigenvalue weighted by atomic mass is 9.93. The molecule has 5 heteroatoms. The molecule has 2 saturated carbocycles. The average molecular weight is 251 g/mol. The lowest BCUT2D eigenvalue weighted by Gasteiger charge is -2.34. The standard InChI is InChI=1S/C13H17NO4/c1-13(12(17)18,7-5-6-7)14-10(15)8-3-2-4-9(8)11(14)16/h7-9H,2-6H2,1H3,(H,17,18). The molecular formula is C13H17NO4. The van der Waals surface area contributed by atoms with Gasteiger partial charge in [0.1, 0.15) is 5.54 Å². The fraction of sp³-hybridized carbons (Fsp3) is 0.769. The monoisotopic (exact) mass is 251 g/mol. The van der Waals surface area contributed by atoms with Crippen molar-refractivity contribution in [1.82, 2.24) is 4.90 Å². The van der Waals surface area contributed by atoms with E-state index in [0.717, 1.165) is 37.0 Å². The number of imide groups is 1. The number of carbonyl (C=O) groups excluding carboxylic acids is 2. The summed E-state index contributed by atoms with van der Waals surface area (Å²) >= 11 is 0. The van der Waals surface area contributed by atoms with Crippen molar-refractivity contribution in [2.24, 2.45) is 17.8 Å². The molecule has 5 nitrogen and oxygen atoms in total. The summed E-state index contributed by atoms with van der Waals surface area (Å²) in [6.07, 6.45) is 3.93. The Morgan fingerprint density at radius 3 is 2.06 bits per heavy atom. The number of carboxylic acid groups (broad SMARTS) is 1. The maximum absolute atomic E-state index is 12.3. The molecule has 3 fully saturated rings. The van der Waals surface area contributed by atoms with E-state index >= 15 is 0 Å². The van der Waals surface area contributed by atoms with Crippen molar-refractivity contribution in [1.29, 1.82) is 0 Å². The van der Waals surface area contributed by atoms with E-state index in [-0.39, 0.29) is 29.6 Å². The van der Waals surface area contributed by atoms with E-state index in [4.69, 9.17) is 0 Å². The Labute approximate surface area is 105 Å². The first-order valence-electron chi connectivity index (χ1n) is 6.59. The van der Waals surface area contributed by atoms with Gasteiger partial charge in [0.2, 0.25) is 11.8 Å². The lowest BCUT2D eigenvalue weighted by molar-refractivity contribution is -0.164. The molecule has 0 aromatic rings. The van der Waals surface area contributed by atoms with Crippen LogP contribution in [-0.4, -0.2) is 33.3 Å². The summed E-state index contributed by atoms with van der Waals surface area (Å²) in [5, 5.41) is 9.46. The van der Waals surface area contributed by atoms with Crippen molar-refractivity contribution in [3.05, 3.63) is 0 Å². The Morgan fingerprint density at radius 1 is 1.17 bits per heavy atom.